The highest BCUT2D eigenvalue weighted by atomic mass is 16.3. The van der Waals surface area contributed by atoms with Gasteiger partial charge >= 0.3 is 0 Å². The van der Waals surface area contributed by atoms with Gasteiger partial charge in [-0.25, -0.2) is 0 Å². The Bertz CT molecular complexity index is 218. The lowest BCUT2D eigenvalue weighted by Gasteiger charge is -1.89. The molecule has 3 heteroatoms. The number of hydrogen-bond donors (Lipinski definition) is 3. The Morgan fingerprint density at radius 1 is 1.33 bits per heavy atom. The Hall–Kier alpha value is -1.48. The van der Waals surface area contributed by atoms with Crippen molar-refractivity contribution in [3.63, 3.8) is 0 Å². The predicted octanol–water partition coefficient (Wildman–Crippen LogP) is 1.23. The lowest BCUT2D eigenvalue weighted by molar-refractivity contribution is 0.450. The summed E-state index contributed by atoms with van der Waals surface area (Å²) in [6, 6.07) is 5.85. The molecule has 0 aliphatic rings. The van der Waals surface area contributed by atoms with Crippen LogP contribution >= 0.6 is 0 Å². The van der Waals surface area contributed by atoms with Crippen molar-refractivity contribution in [3.05, 3.63) is 36.9 Å². The molecular formula is C9H13NO2. The van der Waals surface area contributed by atoms with Crippen molar-refractivity contribution < 1.29 is 10.2 Å². The number of phenolic OH excluding ortho intramolecular Hbond substituents is 2. The number of benzene rings is 1. The van der Waals surface area contributed by atoms with Crippen LogP contribution in [0, 0.1) is 0 Å². The smallest absolute Gasteiger partial charge is 0.119 e. The zero-order valence-electron chi connectivity index (χ0n) is 6.77. The van der Waals surface area contributed by atoms with Crippen LogP contribution in [0.2, 0.25) is 0 Å². The van der Waals surface area contributed by atoms with Crippen molar-refractivity contribution in [2.45, 2.75) is 0 Å². The van der Waals surface area contributed by atoms with Crippen molar-refractivity contribution in [3.8, 4) is 11.5 Å². The monoisotopic (exact) mass is 167 g/mol. The normalized spacial score (nSPS) is 8.08. The molecule has 0 aliphatic carbocycles. The first-order valence-electron chi connectivity index (χ1n) is 3.49. The Balaban J connectivity index is 0.000000261. The summed E-state index contributed by atoms with van der Waals surface area (Å²) in [5.41, 5.74) is 4.91. The minimum atomic E-state index is 0.0880. The van der Waals surface area contributed by atoms with E-state index in [1.165, 1.54) is 18.2 Å². The van der Waals surface area contributed by atoms with Crippen LogP contribution in [0.25, 0.3) is 0 Å². The number of phenols is 2. The molecule has 0 aliphatic heterocycles. The Morgan fingerprint density at radius 2 is 1.75 bits per heavy atom. The van der Waals surface area contributed by atoms with Gasteiger partial charge < -0.3 is 15.9 Å². The van der Waals surface area contributed by atoms with Crippen LogP contribution < -0.4 is 5.73 Å². The summed E-state index contributed by atoms with van der Waals surface area (Å²) in [6.07, 6.45) is 1.65. The Kier molecular flexibility index (Phi) is 5.47. The lowest BCUT2D eigenvalue weighted by atomic mass is 10.3. The van der Waals surface area contributed by atoms with Gasteiger partial charge in [-0.15, -0.1) is 6.58 Å². The van der Waals surface area contributed by atoms with Gasteiger partial charge in [0, 0.05) is 12.6 Å². The molecule has 66 valence electrons. The predicted molar refractivity (Wildman–Crippen MR) is 49.0 cm³/mol. The fourth-order valence-electron chi connectivity index (χ4n) is 0.493. The lowest BCUT2D eigenvalue weighted by Crippen LogP contribution is -1.90. The zero-order chi connectivity index (χ0) is 9.40. The summed E-state index contributed by atoms with van der Waals surface area (Å²) in [5.74, 6) is 0.176. The molecule has 0 unspecified atom stereocenters. The summed E-state index contributed by atoms with van der Waals surface area (Å²) in [7, 11) is 0. The number of nitrogens with two attached hydrogens (primary N) is 1. The average Bonchev–Trinajstić information content (AvgIpc) is 2.04. The van der Waals surface area contributed by atoms with Crippen molar-refractivity contribution in [2.24, 2.45) is 5.73 Å². The summed E-state index contributed by atoms with van der Waals surface area (Å²) in [4.78, 5) is 0. The summed E-state index contributed by atoms with van der Waals surface area (Å²) in [5, 5.41) is 17.3. The highest BCUT2D eigenvalue weighted by Crippen LogP contribution is 2.14. The molecule has 1 aromatic carbocycles. The van der Waals surface area contributed by atoms with E-state index in [1.54, 1.807) is 12.1 Å². The first kappa shape index (κ1) is 10.5. The number of hydrogen-bond acceptors (Lipinski definition) is 3. The van der Waals surface area contributed by atoms with E-state index in [9.17, 15) is 0 Å². The molecule has 0 radical (unpaired) electrons. The maximum absolute atomic E-state index is 8.65. The third-order valence-electron chi connectivity index (χ3n) is 0.996. The van der Waals surface area contributed by atoms with E-state index in [-0.39, 0.29) is 11.5 Å². The fourth-order valence-corrected chi connectivity index (χ4v) is 0.493. The number of aromatic hydroxyl groups is 2. The minimum Gasteiger partial charge on any atom is -0.508 e. The van der Waals surface area contributed by atoms with Crippen LogP contribution in [0.3, 0.4) is 0 Å². The summed E-state index contributed by atoms with van der Waals surface area (Å²) < 4.78 is 0. The van der Waals surface area contributed by atoms with Crippen molar-refractivity contribution in [1.29, 1.82) is 0 Å². The standard InChI is InChI=1S/C6H6O2.C3H7N/c7-5-2-1-3-6(8)4-5;1-2-3-4/h1-4,7-8H;2H,1,3-4H2. The van der Waals surface area contributed by atoms with Crippen molar-refractivity contribution in [2.75, 3.05) is 6.54 Å². The van der Waals surface area contributed by atoms with Gasteiger partial charge in [0.15, 0.2) is 0 Å². The highest BCUT2D eigenvalue weighted by molar-refractivity contribution is 5.30. The topological polar surface area (TPSA) is 66.5 Å². The first-order chi connectivity index (χ1) is 5.70. The van der Waals surface area contributed by atoms with Crippen LogP contribution in [0.4, 0.5) is 0 Å². The third-order valence-corrected chi connectivity index (χ3v) is 0.996. The molecule has 0 atom stereocenters. The molecule has 1 aromatic rings. The van der Waals surface area contributed by atoms with E-state index in [4.69, 9.17) is 15.9 Å². The summed E-state index contributed by atoms with van der Waals surface area (Å²) >= 11 is 0. The van der Waals surface area contributed by atoms with Gasteiger partial charge in [-0.05, 0) is 12.1 Å². The highest BCUT2D eigenvalue weighted by Gasteiger charge is 1.85. The van der Waals surface area contributed by atoms with Gasteiger partial charge in [-0.2, -0.15) is 0 Å². The molecule has 4 N–H and O–H groups in total. The van der Waals surface area contributed by atoms with E-state index in [2.05, 4.69) is 6.58 Å². The average molecular weight is 167 g/mol. The van der Waals surface area contributed by atoms with Gasteiger partial charge in [0.2, 0.25) is 0 Å². The third kappa shape index (κ3) is 5.32. The van der Waals surface area contributed by atoms with Crippen LogP contribution in [-0.4, -0.2) is 16.8 Å². The molecule has 0 aromatic heterocycles. The van der Waals surface area contributed by atoms with E-state index >= 15 is 0 Å². The molecule has 0 heterocycles. The van der Waals surface area contributed by atoms with Crippen LogP contribution in [0.5, 0.6) is 11.5 Å². The molecular weight excluding hydrogens is 154 g/mol. The van der Waals surface area contributed by atoms with Crippen LogP contribution in [-0.2, 0) is 0 Å². The Labute approximate surface area is 71.8 Å². The SMILES string of the molecule is C=CCN.Oc1cccc(O)c1. The molecule has 0 saturated heterocycles. The van der Waals surface area contributed by atoms with E-state index < -0.39 is 0 Å². The van der Waals surface area contributed by atoms with Gasteiger partial charge in [0.1, 0.15) is 11.5 Å². The molecule has 0 saturated carbocycles. The van der Waals surface area contributed by atoms with Gasteiger partial charge in [0.05, 0.1) is 0 Å². The van der Waals surface area contributed by atoms with Gasteiger partial charge in [-0.1, -0.05) is 12.1 Å². The second-order valence-electron chi connectivity index (χ2n) is 2.04. The largest absolute Gasteiger partial charge is 0.508 e. The maximum atomic E-state index is 8.65. The van der Waals surface area contributed by atoms with Crippen molar-refractivity contribution >= 4 is 0 Å². The van der Waals surface area contributed by atoms with E-state index in [1.807, 2.05) is 0 Å². The molecule has 0 bridgehead atoms. The first-order valence-corrected chi connectivity index (χ1v) is 3.49. The quantitative estimate of drug-likeness (QED) is 0.551. The Morgan fingerprint density at radius 3 is 1.92 bits per heavy atom. The number of rotatable bonds is 1. The van der Waals surface area contributed by atoms with Gasteiger partial charge in [0.25, 0.3) is 0 Å². The molecule has 12 heavy (non-hydrogen) atoms. The van der Waals surface area contributed by atoms with Crippen LogP contribution in [0.15, 0.2) is 36.9 Å². The fraction of sp³-hybridized carbons (Fsp3) is 0.111. The molecule has 1 rings (SSSR count). The molecule has 0 spiro atoms. The molecule has 0 fully saturated rings. The second kappa shape index (κ2) is 6.24. The van der Waals surface area contributed by atoms with E-state index in [0.717, 1.165) is 0 Å². The van der Waals surface area contributed by atoms with Gasteiger partial charge in [-0.3, -0.25) is 0 Å². The second-order valence-corrected chi connectivity index (χ2v) is 2.04. The molecule has 0 amide bonds. The maximum Gasteiger partial charge on any atom is 0.119 e. The minimum absolute atomic E-state index is 0.0880. The van der Waals surface area contributed by atoms with Crippen molar-refractivity contribution in [1.82, 2.24) is 0 Å². The van der Waals surface area contributed by atoms with Crippen LogP contribution in [0.1, 0.15) is 0 Å². The van der Waals surface area contributed by atoms with E-state index in [0.29, 0.717) is 6.54 Å². The summed E-state index contributed by atoms with van der Waals surface area (Å²) in [6.45, 7) is 3.94. The zero-order valence-corrected chi connectivity index (χ0v) is 6.77. The molecule has 3 nitrogen and oxygen atoms in total.